The van der Waals surface area contributed by atoms with E-state index >= 15 is 0 Å². The summed E-state index contributed by atoms with van der Waals surface area (Å²) < 4.78 is 6.78. The molecule has 0 saturated carbocycles. The molecule has 10 aromatic carbocycles. The lowest BCUT2D eigenvalue weighted by molar-refractivity contribution is 0.670. The summed E-state index contributed by atoms with van der Waals surface area (Å²) in [5, 5.41) is 6.84. The predicted octanol–water partition coefficient (Wildman–Crippen LogP) is 15.7. The van der Waals surface area contributed by atoms with Crippen molar-refractivity contribution in [2.45, 2.75) is 0 Å². The van der Waals surface area contributed by atoms with Crippen molar-refractivity contribution >= 4 is 43.5 Å². The number of aromatic nitrogens is 3. The topological polar surface area (TPSA) is 51.8 Å². The van der Waals surface area contributed by atoms with Crippen LogP contribution in [0.4, 0.5) is 0 Å². The number of hydrogen-bond donors (Lipinski definition) is 0. The van der Waals surface area contributed by atoms with Crippen LogP contribution < -0.4 is 0 Å². The molecule has 0 amide bonds. The van der Waals surface area contributed by atoms with Crippen LogP contribution in [0.5, 0.6) is 0 Å². The number of nitrogens with zero attached hydrogens (tertiary/aromatic N) is 3. The highest BCUT2D eigenvalue weighted by Crippen LogP contribution is 2.41. The molecule has 0 saturated heterocycles. The second kappa shape index (κ2) is 15.2. The minimum Gasteiger partial charge on any atom is -0.455 e. The van der Waals surface area contributed by atoms with Gasteiger partial charge in [-0.25, -0.2) is 15.0 Å². The summed E-state index contributed by atoms with van der Waals surface area (Å²) in [4.78, 5) is 15.7. The highest BCUT2D eigenvalue weighted by molar-refractivity contribution is 6.15. The molecule has 12 rings (SSSR count). The molecule has 0 fully saturated rings. The lowest BCUT2D eigenvalue weighted by Gasteiger charge is -2.11. The van der Waals surface area contributed by atoms with E-state index in [0.29, 0.717) is 17.5 Å². The summed E-state index contributed by atoms with van der Waals surface area (Å²) in [6.07, 6.45) is 0. The van der Waals surface area contributed by atoms with E-state index < -0.39 is 0 Å². The molecule has 0 atom stereocenters. The summed E-state index contributed by atoms with van der Waals surface area (Å²) in [7, 11) is 0. The van der Waals surface area contributed by atoms with Gasteiger partial charge in [0.15, 0.2) is 17.5 Å². The fourth-order valence-corrected chi connectivity index (χ4v) is 8.97. The molecule has 0 bridgehead atoms. The maximum Gasteiger partial charge on any atom is 0.164 e. The number of furan rings is 1. The number of rotatable bonds is 7. The average molecular weight is 804 g/mol. The Morgan fingerprint density at radius 1 is 0.270 bits per heavy atom. The normalized spacial score (nSPS) is 11.5. The van der Waals surface area contributed by atoms with Gasteiger partial charge >= 0.3 is 0 Å². The highest BCUT2D eigenvalue weighted by atomic mass is 16.3. The van der Waals surface area contributed by atoms with Crippen molar-refractivity contribution in [1.29, 1.82) is 0 Å². The van der Waals surface area contributed by atoms with Crippen molar-refractivity contribution in [2.24, 2.45) is 0 Å². The zero-order valence-corrected chi connectivity index (χ0v) is 34.1. The fourth-order valence-electron chi connectivity index (χ4n) is 8.97. The van der Waals surface area contributed by atoms with Crippen molar-refractivity contribution in [1.82, 2.24) is 15.0 Å². The van der Waals surface area contributed by atoms with Crippen LogP contribution in [0.2, 0.25) is 0 Å². The van der Waals surface area contributed by atoms with Gasteiger partial charge in [-0.05, 0) is 78.7 Å². The Bertz CT molecular complexity index is 3660. The molecule has 0 aliphatic heterocycles. The van der Waals surface area contributed by atoms with Gasteiger partial charge in [0.25, 0.3) is 0 Å². The van der Waals surface area contributed by atoms with Gasteiger partial charge in [0, 0.05) is 33.0 Å². The van der Waals surface area contributed by atoms with Gasteiger partial charge < -0.3 is 4.42 Å². The van der Waals surface area contributed by atoms with E-state index in [1.165, 1.54) is 32.7 Å². The standard InChI is InChI=1S/C59H37N3O/c1-2-12-38(13-3-1)40-28-33-44(34-29-40)57-60-58(48-19-8-18-47(37-48)50-21-9-17-42-15-6-7-20-49(42)50)62-59(61-57)53-24-11-25-54-55(53)52-23-10-22-51(56(52)63-54)43-31-26-41(27-32-43)46-35-30-39-14-4-5-16-45(39)36-46/h1-37H. The second-order valence-electron chi connectivity index (χ2n) is 16.0. The Labute approximate surface area is 364 Å². The molecule has 0 radical (unpaired) electrons. The molecule has 0 aliphatic carbocycles. The molecule has 0 N–H and O–H groups in total. The van der Waals surface area contributed by atoms with Gasteiger partial charge in [0.05, 0.1) is 0 Å². The lowest BCUT2D eigenvalue weighted by atomic mass is 9.96. The second-order valence-corrected chi connectivity index (χ2v) is 16.0. The Morgan fingerprint density at radius 3 is 1.63 bits per heavy atom. The molecule has 0 unspecified atom stereocenters. The minimum absolute atomic E-state index is 0.580. The van der Waals surface area contributed by atoms with Crippen LogP contribution in [-0.4, -0.2) is 15.0 Å². The maximum absolute atomic E-state index is 6.78. The Balaban J connectivity index is 0.987. The third kappa shape index (κ3) is 6.62. The molecule has 294 valence electrons. The maximum atomic E-state index is 6.78. The van der Waals surface area contributed by atoms with Crippen molar-refractivity contribution in [2.75, 3.05) is 0 Å². The van der Waals surface area contributed by atoms with Crippen LogP contribution in [0, 0.1) is 0 Å². The Hall–Kier alpha value is -8.47. The monoisotopic (exact) mass is 803 g/mol. The van der Waals surface area contributed by atoms with Crippen LogP contribution in [0.25, 0.3) is 122 Å². The summed E-state index contributed by atoms with van der Waals surface area (Å²) in [6, 6.07) is 78.8. The third-order valence-electron chi connectivity index (χ3n) is 12.1. The Morgan fingerprint density at radius 2 is 0.794 bits per heavy atom. The molecule has 0 spiro atoms. The molecule has 4 nitrogen and oxygen atoms in total. The van der Waals surface area contributed by atoms with Crippen molar-refractivity contribution in [3.63, 3.8) is 0 Å². The predicted molar refractivity (Wildman–Crippen MR) is 260 cm³/mol. The summed E-state index contributed by atoms with van der Waals surface area (Å²) in [5.74, 6) is 1.78. The smallest absolute Gasteiger partial charge is 0.164 e. The zero-order chi connectivity index (χ0) is 41.7. The lowest BCUT2D eigenvalue weighted by Crippen LogP contribution is -2.00. The van der Waals surface area contributed by atoms with E-state index in [-0.39, 0.29) is 0 Å². The zero-order valence-electron chi connectivity index (χ0n) is 34.1. The first kappa shape index (κ1) is 36.4. The Kier molecular flexibility index (Phi) is 8.79. The molecule has 63 heavy (non-hydrogen) atoms. The first-order valence-corrected chi connectivity index (χ1v) is 21.2. The minimum atomic E-state index is 0.580. The van der Waals surface area contributed by atoms with Crippen LogP contribution in [0.1, 0.15) is 0 Å². The summed E-state index contributed by atoms with van der Waals surface area (Å²) >= 11 is 0. The number of hydrogen-bond acceptors (Lipinski definition) is 4. The molecule has 12 aromatic rings. The molecular formula is C59H37N3O. The first-order chi connectivity index (χ1) is 31.2. The van der Waals surface area contributed by atoms with Gasteiger partial charge in [-0.15, -0.1) is 0 Å². The number of benzene rings is 10. The molecule has 2 aromatic heterocycles. The number of para-hydroxylation sites is 1. The SMILES string of the molecule is c1ccc(-c2ccc(-c3nc(-c4cccc(-c5cccc6ccccc56)c4)nc(-c4cccc5oc6c(-c7ccc(-c8ccc9ccccc9c8)cc7)cccc6c45)n3)cc2)cc1. The van der Waals surface area contributed by atoms with Crippen LogP contribution in [-0.2, 0) is 0 Å². The van der Waals surface area contributed by atoms with Gasteiger partial charge in [0.1, 0.15) is 11.2 Å². The van der Waals surface area contributed by atoms with Crippen molar-refractivity contribution in [3.05, 3.63) is 224 Å². The van der Waals surface area contributed by atoms with E-state index in [2.05, 4.69) is 206 Å². The highest BCUT2D eigenvalue weighted by Gasteiger charge is 2.20. The van der Waals surface area contributed by atoms with E-state index in [1.54, 1.807) is 0 Å². The average Bonchev–Trinajstić information content (AvgIpc) is 3.76. The van der Waals surface area contributed by atoms with Crippen LogP contribution >= 0.6 is 0 Å². The number of fused-ring (bicyclic) bond motifs is 5. The van der Waals surface area contributed by atoms with Crippen molar-refractivity contribution < 1.29 is 4.42 Å². The fraction of sp³-hybridized carbons (Fsp3) is 0. The van der Waals surface area contributed by atoms with Gasteiger partial charge in [0.2, 0.25) is 0 Å². The van der Waals surface area contributed by atoms with Gasteiger partial charge in [-0.1, -0.05) is 206 Å². The summed E-state index contributed by atoms with van der Waals surface area (Å²) in [5.41, 5.74) is 13.3. The summed E-state index contributed by atoms with van der Waals surface area (Å²) in [6.45, 7) is 0. The molecular weight excluding hydrogens is 767 g/mol. The third-order valence-corrected chi connectivity index (χ3v) is 12.1. The van der Waals surface area contributed by atoms with Crippen LogP contribution in [0.3, 0.4) is 0 Å². The van der Waals surface area contributed by atoms with Gasteiger partial charge in [-0.3, -0.25) is 0 Å². The molecule has 2 heterocycles. The van der Waals surface area contributed by atoms with E-state index in [0.717, 1.165) is 72.0 Å². The molecule has 0 aliphatic rings. The van der Waals surface area contributed by atoms with Crippen LogP contribution in [0.15, 0.2) is 229 Å². The quantitative estimate of drug-likeness (QED) is 0.161. The van der Waals surface area contributed by atoms with Crippen molar-refractivity contribution in [3.8, 4) is 78.7 Å². The van der Waals surface area contributed by atoms with Gasteiger partial charge in [-0.2, -0.15) is 0 Å². The molecule has 4 heteroatoms. The van der Waals surface area contributed by atoms with E-state index in [1.807, 2.05) is 18.2 Å². The first-order valence-electron chi connectivity index (χ1n) is 21.2. The van der Waals surface area contributed by atoms with E-state index in [9.17, 15) is 0 Å². The largest absolute Gasteiger partial charge is 0.455 e. The van der Waals surface area contributed by atoms with E-state index in [4.69, 9.17) is 19.4 Å².